The van der Waals surface area contributed by atoms with Crippen LogP contribution in [0.5, 0.6) is 0 Å². The fourth-order valence-corrected chi connectivity index (χ4v) is 2.49. The van der Waals surface area contributed by atoms with E-state index in [1.54, 1.807) is 11.8 Å². The molecule has 0 aromatic heterocycles. The number of carboxylic acids is 1. The second-order valence-corrected chi connectivity index (χ2v) is 4.68. The summed E-state index contributed by atoms with van der Waals surface area (Å²) in [4.78, 5) is 10.7. The molecule has 3 heteroatoms. The number of aliphatic carboxylic acids is 1. The van der Waals surface area contributed by atoms with Crippen molar-refractivity contribution < 1.29 is 9.90 Å². The summed E-state index contributed by atoms with van der Waals surface area (Å²) >= 11 is 1.72. The fraction of sp³-hybridized carbons (Fsp3) is 0.417. The lowest BCUT2D eigenvalue weighted by Crippen LogP contribution is -2.03. The van der Waals surface area contributed by atoms with Gasteiger partial charge in [-0.1, -0.05) is 37.3 Å². The summed E-state index contributed by atoms with van der Waals surface area (Å²) in [5.74, 6) is 0.278. The molecule has 0 fully saturated rings. The quantitative estimate of drug-likeness (QED) is 0.805. The Morgan fingerprint density at radius 2 is 2.07 bits per heavy atom. The summed E-state index contributed by atoms with van der Waals surface area (Å²) in [5.41, 5.74) is 1.11. The molecule has 0 aliphatic carbocycles. The monoisotopic (exact) mass is 224 g/mol. The van der Waals surface area contributed by atoms with Crippen molar-refractivity contribution in [3.05, 3.63) is 35.9 Å². The minimum Gasteiger partial charge on any atom is -0.481 e. The molecule has 0 bridgehead atoms. The summed E-state index contributed by atoms with van der Waals surface area (Å²) < 4.78 is 0. The van der Waals surface area contributed by atoms with Gasteiger partial charge in [0.1, 0.15) is 0 Å². The van der Waals surface area contributed by atoms with Gasteiger partial charge in [-0.2, -0.15) is 11.8 Å². The second kappa shape index (κ2) is 6.51. The molecule has 1 N–H and O–H groups in total. The van der Waals surface area contributed by atoms with Gasteiger partial charge in [-0.25, -0.2) is 0 Å². The molecule has 1 aromatic carbocycles. The first kappa shape index (κ1) is 12.1. The molecule has 1 atom stereocenters. The van der Waals surface area contributed by atoms with Crippen molar-refractivity contribution in [3.8, 4) is 0 Å². The number of hydrogen-bond acceptors (Lipinski definition) is 2. The van der Waals surface area contributed by atoms with Crippen LogP contribution in [0.4, 0.5) is 0 Å². The summed E-state index contributed by atoms with van der Waals surface area (Å²) in [7, 11) is 0. The van der Waals surface area contributed by atoms with Gasteiger partial charge in [-0.05, 0) is 17.7 Å². The third kappa shape index (κ3) is 4.38. The van der Waals surface area contributed by atoms with Gasteiger partial charge >= 0.3 is 5.97 Å². The van der Waals surface area contributed by atoms with Gasteiger partial charge in [0.25, 0.3) is 0 Å². The van der Waals surface area contributed by atoms with Crippen molar-refractivity contribution in [1.29, 1.82) is 0 Å². The molecular formula is C12H16O2S. The Labute approximate surface area is 94.7 Å². The maximum absolute atomic E-state index is 10.7. The van der Waals surface area contributed by atoms with Crippen molar-refractivity contribution in [3.63, 3.8) is 0 Å². The summed E-state index contributed by atoms with van der Waals surface area (Å²) in [6, 6.07) is 9.85. The van der Waals surface area contributed by atoms with Gasteiger partial charge in [0.15, 0.2) is 0 Å². The van der Waals surface area contributed by atoms with Crippen LogP contribution in [0.3, 0.4) is 0 Å². The SMILES string of the molecule is CCCSC(CC(=O)O)c1ccccc1. The van der Waals surface area contributed by atoms with E-state index in [1.807, 2.05) is 30.3 Å². The molecule has 0 aliphatic rings. The lowest BCUT2D eigenvalue weighted by Gasteiger charge is -2.14. The van der Waals surface area contributed by atoms with E-state index in [0.29, 0.717) is 0 Å². The average molecular weight is 224 g/mol. The Balaban J connectivity index is 2.67. The van der Waals surface area contributed by atoms with Crippen LogP contribution >= 0.6 is 11.8 Å². The second-order valence-electron chi connectivity index (χ2n) is 3.37. The highest BCUT2D eigenvalue weighted by Crippen LogP contribution is 2.32. The van der Waals surface area contributed by atoms with Gasteiger partial charge in [-0.3, -0.25) is 4.79 Å². The standard InChI is InChI=1S/C12H16O2S/c1-2-8-15-11(9-12(13)14)10-6-4-3-5-7-10/h3-7,11H,2,8-9H2,1H3,(H,13,14). The van der Waals surface area contributed by atoms with Crippen LogP contribution in [0.1, 0.15) is 30.6 Å². The number of carboxylic acid groups (broad SMARTS) is 1. The molecular weight excluding hydrogens is 208 g/mol. The van der Waals surface area contributed by atoms with Crippen molar-refractivity contribution >= 4 is 17.7 Å². The molecule has 0 heterocycles. The third-order valence-electron chi connectivity index (χ3n) is 2.05. The molecule has 1 unspecified atom stereocenters. The smallest absolute Gasteiger partial charge is 0.304 e. The Morgan fingerprint density at radius 3 is 2.60 bits per heavy atom. The third-order valence-corrected chi connectivity index (χ3v) is 3.54. The van der Waals surface area contributed by atoms with E-state index < -0.39 is 5.97 Å². The van der Waals surface area contributed by atoms with Crippen LogP contribution in [0.2, 0.25) is 0 Å². The predicted octanol–water partition coefficient (Wildman–Crippen LogP) is 3.35. The molecule has 0 radical (unpaired) electrons. The number of thioether (sulfide) groups is 1. The minimum atomic E-state index is -0.729. The number of carbonyl (C=O) groups is 1. The molecule has 0 spiro atoms. The van der Waals surface area contributed by atoms with E-state index in [2.05, 4.69) is 6.92 Å². The van der Waals surface area contributed by atoms with E-state index in [4.69, 9.17) is 5.11 Å². The van der Waals surface area contributed by atoms with E-state index in [1.165, 1.54) is 0 Å². The molecule has 0 amide bonds. The molecule has 1 aromatic rings. The van der Waals surface area contributed by atoms with E-state index in [9.17, 15) is 4.79 Å². The summed E-state index contributed by atoms with van der Waals surface area (Å²) in [5, 5.41) is 8.92. The van der Waals surface area contributed by atoms with E-state index in [0.717, 1.165) is 17.7 Å². The zero-order valence-corrected chi connectivity index (χ0v) is 9.67. The first-order valence-electron chi connectivity index (χ1n) is 5.12. The normalized spacial score (nSPS) is 12.3. The molecule has 0 aliphatic heterocycles. The largest absolute Gasteiger partial charge is 0.481 e. The van der Waals surface area contributed by atoms with Crippen LogP contribution in [0.25, 0.3) is 0 Å². The Kier molecular flexibility index (Phi) is 5.26. The fourth-order valence-electron chi connectivity index (χ4n) is 1.36. The van der Waals surface area contributed by atoms with Crippen LogP contribution in [0.15, 0.2) is 30.3 Å². The summed E-state index contributed by atoms with van der Waals surface area (Å²) in [6.45, 7) is 2.11. The highest BCUT2D eigenvalue weighted by molar-refractivity contribution is 7.99. The molecule has 15 heavy (non-hydrogen) atoms. The Hall–Kier alpha value is -0.960. The van der Waals surface area contributed by atoms with Gasteiger partial charge in [0.05, 0.1) is 6.42 Å². The number of benzene rings is 1. The molecule has 0 saturated carbocycles. The molecule has 0 saturated heterocycles. The van der Waals surface area contributed by atoms with Crippen LogP contribution in [-0.4, -0.2) is 16.8 Å². The minimum absolute atomic E-state index is 0.0867. The highest BCUT2D eigenvalue weighted by Gasteiger charge is 2.14. The maximum Gasteiger partial charge on any atom is 0.304 e. The van der Waals surface area contributed by atoms with E-state index in [-0.39, 0.29) is 11.7 Å². The zero-order chi connectivity index (χ0) is 11.1. The van der Waals surface area contributed by atoms with Gasteiger partial charge < -0.3 is 5.11 Å². The van der Waals surface area contributed by atoms with Crippen molar-refractivity contribution in [2.75, 3.05) is 5.75 Å². The van der Waals surface area contributed by atoms with Crippen LogP contribution in [0, 0.1) is 0 Å². The van der Waals surface area contributed by atoms with Crippen LogP contribution in [-0.2, 0) is 4.79 Å². The first-order chi connectivity index (χ1) is 7.24. The van der Waals surface area contributed by atoms with Crippen molar-refractivity contribution in [2.24, 2.45) is 0 Å². The highest BCUT2D eigenvalue weighted by atomic mass is 32.2. The predicted molar refractivity (Wildman–Crippen MR) is 64.2 cm³/mol. The van der Waals surface area contributed by atoms with Crippen molar-refractivity contribution in [1.82, 2.24) is 0 Å². The number of rotatable bonds is 6. The first-order valence-corrected chi connectivity index (χ1v) is 6.17. The number of hydrogen-bond donors (Lipinski definition) is 1. The lowest BCUT2D eigenvalue weighted by molar-refractivity contribution is -0.137. The van der Waals surface area contributed by atoms with Gasteiger partial charge in [0.2, 0.25) is 0 Å². The zero-order valence-electron chi connectivity index (χ0n) is 8.85. The Bertz CT molecular complexity index is 298. The van der Waals surface area contributed by atoms with Gasteiger partial charge in [-0.15, -0.1) is 0 Å². The average Bonchev–Trinajstić information content (AvgIpc) is 2.25. The van der Waals surface area contributed by atoms with E-state index >= 15 is 0 Å². The molecule has 2 nitrogen and oxygen atoms in total. The van der Waals surface area contributed by atoms with Gasteiger partial charge in [0, 0.05) is 5.25 Å². The Morgan fingerprint density at radius 1 is 1.40 bits per heavy atom. The van der Waals surface area contributed by atoms with Crippen LogP contribution < -0.4 is 0 Å². The van der Waals surface area contributed by atoms with Crippen molar-refractivity contribution in [2.45, 2.75) is 25.0 Å². The lowest BCUT2D eigenvalue weighted by atomic mass is 10.1. The molecule has 82 valence electrons. The topological polar surface area (TPSA) is 37.3 Å². The maximum atomic E-state index is 10.7. The summed E-state index contributed by atoms with van der Waals surface area (Å²) in [6.07, 6.45) is 1.28. The molecule has 1 rings (SSSR count).